The third kappa shape index (κ3) is 4.24. The van der Waals surface area contributed by atoms with E-state index in [1.165, 1.54) is 43.0 Å². The molecular formula is C19H24N4OS. The maximum absolute atomic E-state index is 12.3. The van der Waals surface area contributed by atoms with E-state index in [9.17, 15) is 4.79 Å². The van der Waals surface area contributed by atoms with Gasteiger partial charge in [0.2, 0.25) is 5.91 Å². The summed E-state index contributed by atoms with van der Waals surface area (Å²) in [5, 5.41) is 9.67. The fourth-order valence-electron chi connectivity index (χ4n) is 2.99. The van der Waals surface area contributed by atoms with Crippen molar-refractivity contribution >= 4 is 17.7 Å². The molecule has 2 aromatic rings. The molecular weight excluding hydrogens is 332 g/mol. The van der Waals surface area contributed by atoms with Crippen LogP contribution in [0, 0.1) is 5.92 Å². The van der Waals surface area contributed by atoms with E-state index in [0.717, 1.165) is 30.0 Å². The topological polar surface area (TPSA) is 51.0 Å². The lowest BCUT2D eigenvalue weighted by Crippen LogP contribution is -2.30. The molecule has 2 aliphatic rings. The van der Waals surface area contributed by atoms with Crippen LogP contribution in [0.1, 0.15) is 43.0 Å². The van der Waals surface area contributed by atoms with Crippen molar-refractivity contribution in [2.24, 2.45) is 5.92 Å². The van der Waals surface area contributed by atoms with Crippen LogP contribution in [0.15, 0.2) is 35.5 Å². The lowest BCUT2D eigenvalue weighted by molar-refractivity contribution is -0.127. The van der Waals surface area contributed by atoms with Crippen LogP contribution >= 0.6 is 11.8 Å². The van der Waals surface area contributed by atoms with Gasteiger partial charge in [0.1, 0.15) is 5.82 Å². The number of carbonyl (C=O) groups is 1. The number of hydrogen-bond acceptors (Lipinski definition) is 4. The molecule has 4 rings (SSSR count). The highest BCUT2D eigenvalue weighted by Crippen LogP contribution is 2.40. The van der Waals surface area contributed by atoms with Crippen molar-refractivity contribution in [3.63, 3.8) is 0 Å². The van der Waals surface area contributed by atoms with E-state index in [0.29, 0.717) is 11.7 Å². The average Bonchev–Trinajstić information content (AvgIpc) is 3.55. The Morgan fingerprint density at radius 3 is 2.64 bits per heavy atom. The Morgan fingerprint density at radius 2 is 1.96 bits per heavy atom. The Hall–Kier alpha value is -1.82. The zero-order chi connectivity index (χ0) is 17.2. The molecule has 2 saturated carbocycles. The Balaban J connectivity index is 1.44. The molecule has 1 aromatic carbocycles. The fraction of sp³-hybridized carbons (Fsp3) is 0.526. The molecule has 0 radical (unpaired) electrons. The van der Waals surface area contributed by atoms with Gasteiger partial charge in [-0.1, -0.05) is 42.1 Å². The van der Waals surface area contributed by atoms with Gasteiger partial charge in [-0.05, 0) is 37.2 Å². The van der Waals surface area contributed by atoms with Crippen molar-refractivity contribution in [2.45, 2.75) is 43.3 Å². The van der Waals surface area contributed by atoms with Gasteiger partial charge in [-0.25, -0.2) is 0 Å². The molecule has 0 saturated heterocycles. The van der Waals surface area contributed by atoms with Crippen LogP contribution in [0.4, 0.5) is 0 Å². The number of carbonyl (C=O) groups excluding carboxylic acids is 1. The number of benzene rings is 1. The highest BCUT2D eigenvalue weighted by molar-refractivity contribution is 7.99. The van der Waals surface area contributed by atoms with E-state index in [1.54, 1.807) is 0 Å². The summed E-state index contributed by atoms with van der Waals surface area (Å²) in [6, 6.07) is 10.4. The first-order valence-electron chi connectivity index (χ1n) is 9.04. The number of amides is 1. The van der Waals surface area contributed by atoms with Crippen LogP contribution in [0.5, 0.6) is 0 Å². The van der Waals surface area contributed by atoms with Gasteiger partial charge in [0.25, 0.3) is 0 Å². The quantitative estimate of drug-likeness (QED) is 0.682. The summed E-state index contributed by atoms with van der Waals surface area (Å²) in [6.45, 7) is 1.66. The predicted octanol–water partition coefficient (Wildman–Crippen LogP) is 3.16. The maximum atomic E-state index is 12.3. The van der Waals surface area contributed by atoms with Crippen LogP contribution in [0.2, 0.25) is 0 Å². The third-order valence-electron chi connectivity index (χ3n) is 4.85. The zero-order valence-electron chi connectivity index (χ0n) is 14.6. The van der Waals surface area contributed by atoms with Crippen LogP contribution in [0.25, 0.3) is 0 Å². The summed E-state index contributed by atoms with van der Waals surface area (Å²) >= 11 is 1.51. The molecule has 0 N–H and O–H groups in total. The largest absolute Gasteiger partial charge is 0.345 e. The minimum absolute atomic E-state index is 0.180. The smallest absolute Gasteiger partial charge is 0.232 e. The van der Waals surface area contributed by atoms with Gasteiger partial charge in [-0.3, -0.25) is 4.79 Å². The Kier molecular flexibility index (Phi) is 4.79. The van der Waals surface area contributed by atoms with E-state index in [1.807, 2.05) is 18.0 Å². The molecule has 6 heteroatoms. The number of aromatic nitrogens is 3. The van der Waals surface area contributed by atoms with Crippen LogP contribution in [-0.2, 0) is 11.3 Å². The maximum Gasteiger partial charge on any atom is 0.232 e. The number of nitrogens with zero attached hydrogens (tertiary/aromatic N) is 4. The van der Waals surface area contributed by atoms with Crippen molar-refractivity contribution in [1.29, 1.82) is 0 Å². The lowest BCUT2D eigenvalue weighted by Gasteiger charge is -2.16. The van der Waals surface area contributed by atoms with Crippen molar-refractivity contribution < 1.29 is 4.79 Å². The van der Waals surface area contributed by atoms with Gasteiger partial charge in [-0.2, -0.15) is 0 Å². The molecule has 132 valence electrons. The monoisotopic (exact) mass is 356 g/mol. The van der Waals surface area contributed by atoms with Gasteiger partial charge in [-0.15, -0.1) is 10.2 Å². The molecule has 0 spiro atoms. The molecule has 25 heavy (non-hydrogen) atoms. The third-order valence-corrected chi connectivity index (χ3v) is 5.80. The lowest BCUT2D eigenvalue weighted by atomic mass is 10.2. The van der Waals surface area contributed by atoms with Crippen molar-refractivity contribution in [3.05, 3.63) is 41.7 Å². The Morgan fingerprint density at radius 1 is 1.20 bits per heavy atom. The van der Waals surface area contributed by atoms with Crippen LogP contribution in [0.3, 0.4) is 0 Å². The van der Waals surface area contributed by atoms with E-state index in [-0.39, 0.29) is 5.91 Å². The minimum atomic E-state index is 0.180. The molecule has 0 bridgehead atoms. The van der Waals surface area contributed by atoms with Crippen molar-refractivity contribution in [3.8, 4) is 0 Å². The van der Waals surface area contributed by atoms with Gasteiger partial charge in [0.15, 0.2) is 5.16 Å². The molecule has 1 heterocycles. The number of rotatable bonds is 8. The van der Waals surface area contributed by atoms with Gasteiger partial charge in [0.05, 0.1) is 12.3 Å². The Labute approximate surface area is 152 Å². The van der Waals surface area contributed by atoms with Gasteiger partial charge in [0, 0.05) is 19.5 Å². The predicted molar refractivity (Wildman–Crippen MR) is 98.6 cm³/mol. The minimum Gasteiger partial charge on any atom is -0.345 e. The first-order chi connectivity index (χ1) is 12.2. The second kappa shape index (κ2) is 7.20. The van der Waals surface area contributed by atoms with Crippen LogP contribution in [-0.4, -0.2) is 44.9 Å². The van der Waals surface area contributed by atoms with Gasteiger partial charge < -0.3 is 9.47 Å². The number of thioether (sulfide) groups is 1. The summed E-state index contributed by atoms with van der Waals surface area (Å²) in [5.41, 5.74) is 1.24. The van der Waals surface area contributed by atoms with E-state index < -0.39 is 0 Å². The Bertz CT molecular complexity index is 737. The summed E-state index contributed by atoms with van der Waals surface area (Å²) in [6.07, 6.45) is 4.92. The highest BCUT2D eigenvalue weighted by atomic mass is 32.2. The number of hydrogen-bond donors (Lipinski definition) is 0. The van der Waals surface area contributed by atoms with Crippen LogP contribution < -0.4 is 0 Å². The normalized spacial score (nSPS) is 16.8. The van der Waals surface area contributed by atoms with Gasteiger partial charge >= 0.3 is 0 Å². The van der Waals surface area contributed by atoms with Crippen molar-refractivity contribution in [1.82, 2.24) is 19.7 Å². The molecule has 2 aliphatic carbocycles. The summed E-state index contributed by atoms with van der Waals surface area (Å²) in [7, 11) is 1.91. The second-order valence-corrected chi connectivity index (χ2v) is 8.14. The molecule has 0 unspecified atom stereocenters. The molecule has 1 amide bonds. The molecule has 5 nitrogen and oxygen atoms in total. The molecule has 0 aliphatic heterocycles. The fourth-order valence-corrected chi connectivity index (χ4v) is 3.88. The summed E-state index contributed by atoms with van der Waals surface area (Å²) in [5.74, 6) is 2.95. The average molecular weight is 356 g/mol. The summed E-state index contributed by atoms with van der Waals surface area (Å²) < 4.78 is 2.20. The first-order valence-corrected chi connectivity index (χ1v) is 10.0. The second-order valence-electron chi connectivity index (χ2n) is 7.19. The standard InChI is InChI=1S/C19H24N4OS/c1-22(11-15-7-8-15)17(24)13-25-19-21-20-18(16-9-10-16)23(19)12-14-5-3-2-4-6-14/h2-6,15-16H,7-13H2,1H3. The van der Waals surface area contributed by atoms with Crippen molar-refractivity contribution in [2.75, 3.05) is 19.3 Å². The SMILES string of the molecule is CN(CC1CC1)C(=O)CSc1nnc(C2CC2)n1Cc1ccccc1. The zero-order valence-corrected chi connectivity index (χ0v) is 15.4. The molecule has 1 aromatic heterocycles. The highest BCUT2D eigenvalue weighted by Gasteiger charge is 2.31. The van der Waals surface area contributed by atoms with E-state index >= 15 is 0 Å². The molecule has 2 fully saturated rings. The molecule has 0 atom stereocenters. The summed E-state index contributed by atoms with van der Waals surface area (Å²) in [4.78, 5) is 14.2. The van der Waals surface area contributed by atoms with E-state index in [4.69, 9.17) is 0 Å². The first kappa shape index (κ1) is 16.6. The van der Waals surface area contributed by atoms with E-state index in [2.05, 4.69) is 39.0 Å².